The summed E-state index contributed by atoms with van der Waals surface area (Å²) in [7, 11) is 0. The molecule has 2 atom stereocenters. The maximum Gasteiger partial charge on any atom is 0.119 e. The molecule has 0 saturated carbocycles. The Morgan fingerprint density at radius 2 is 1.94 bits per heavy atom. The first-order valence-electron chi connectivity index (χ1n) is 5.76. The minimum absolute atomic E-state index is 0.0347. The summed E-state index contributed by atoms with van der Waals surface area (Å²) in [5.74, 6) is 1.42. The molecule has 3 N–H and O–H groups in total. The second kappa shape index (κ2) is 6.51. The molecule has 1 aromatic rings. The van der Waals surface area contributed by atoms with E-state index in [9.17, 15) is 0 Å². The van der Waals surface area contributed by atoms with Crippen LogP contribution in [0.2, 0.25) is 0 Å². The first-order valence-corrected chi connectivity index (χ1v) is 5.76. The molecule has 3 heteroatoms. The first-order chi connectivity index (χ1) is 7.67. The number of benzene rings is 1. The molecule has 0 radical (unpaired) electrons. The fourth-order valence-electron chi connectivity index (χ4n) is 1.27. The molecule has 1 aromatic carbocycles. The largest absolute Gasteiger partial charge is 0.493 e. The summed E-state index contributed by atoms with van der Waals surface area (Å²) in [6.45, 7) is 5.02. The Morgan fingerprint density at radius 3 is 2.44 bits per heavy atom. The number of ether oxygens (including phenoxy) is 1. The van der Waals surface area contributed by atoms with Crippen molar-refractivity contribution in [2.45, 2.75) is 26.3 Å². The van der Waals surface area contributed by atoms with Gasteiger partial charge in [-0.05, 0) is 23.6 Å². The Hall–Kier alpha value is -1.06. The van der Waals surface area contributed by atoms with Gasteiger partial charge in [-0.25, -0.2) is 0 Å². The Kier molecular flexibility index (Phi) is 5.29. The second-order valence-electron chi connectivity index (χ2n) is 4.18. The molecule has 0 saturated heterocycles. The van der Waals surface area contributed by atoms with Gasteiger partial charge in [0.1, 0.15) is 5.75 Å². The molecule has 0 aliphatic heterocycles. The van der Waals surface area contributed by atoms with Crippen LogP contribution in [0.3, 0.4) is 0 Å². The summed E-state index contributed by atoms with van der Waals surface area (Å²) in [5, 5.41) is 8.91. The summed E-state index contributed by atoms with van der Waals surface area (Å²) in [6.07, 6.45) is 1.12. The van der Waals surface area contributed by atoms with E-state index in [0.717, 1.165) is 24.3 Å². The lowest BCUT2D eigenvalue weighted by molar-refractivity contribution is 0.255. The lowest BCUT2D eigenvalue weighted by Gasteiger charge is -2.12. The summed E-state index contributed by atoms with van der Waals surface area (Å²) < 4.78 is 5.62. The predicted octanol–water partition coefficient (Wildman–Crippen LogP) is 2.10. The van der Waals surface area contributed by atoms with E-state index in [-0.39, 0.29) is 12.6 Å². The van der Waals surface area contributed by atoms with Crippen molar-refractivity contribution in [2.75, 3.05) is 13.2 Å². The topological polar surface area (TPSA) is 55.5 Å². The zero-order chi connectivity index (χ0) is 12.0. The lowest BCUT2D eigenvalue weighted by atomic mass is 10.1. The zero-order valence-electron chi connectivity index (χ0n) is 10.0. The van der Waals surface area contributed by atoms with E-state index in [1.165, 1.54) is 0 Å². The fourth-order valence-corrected chi connectivity index (χ4v) is 1.27. The van der Waals surface area contributed by atoms with Gasteiger partial charge in [-0.1, -0.05) is 32.4 Å². The quantitative estimate of drug-likeness (QED) is 0.776. The van der Waals surface area contributed by atoms with Crippen LogP contribution in [-0.4, -0.2) is 18.3 Å². The standard InChI is InChI=1S/C13H21NO2/c1-3-10(2)9-16-12-6-4-11(5-7-12)13(14)8-15/h4-7,10,13,15H,3,8-9,14H2,1-2H3. The van der Waals surface area contributed by atoms with Crippen LogP contribution in [0, 0.1) is 5.92 Å². The first kappa shape index (κ1) is 13.0. The van der Waals surface area contributed by atoms with Gasteiger partial charge in [0, 0.05) is 0 Å². The van der Waals surface area contributed by atoms with Crippen molar-refractivity contribution >= 4 is 0 Å². The normalized spacial score (nSPS) is 14.5. The van der Waals surface area contributed by atoms with Crippen LogP contribution in [-0.2, 0) is 0 Å². The number of rotatable bonds is 6. The Bertz CT molecular complexity index is 297. The molecule has 3 nitrogen and oxygen atoms in total. The van der Waals surface area contributed by atoms with E-state index >= 15 is 0 Å². The molecule has 2 unspecified atom stereocenters. The van der Waals surface area contributed by atoms with Crippen LogP contribution in [0.4, 0.5) is 0 Å². The highest BCUT2D eigenvalue weighted by molar-refractivity contribution is 5.29. The molecule has 0 aliphatic carbocycles. The second-order valence-corrected chi connectivity index (χ2v) is 4.18. The van der Waals surface area contributed by atoms with Crippen molar-refractivity contribution in [3.8, 4) is 5.75 Å². The van der Waals surface area contributed by atoms with Crippen LogP contribution in [0.5, 0.6) is 5.75 Å². The highest BCUT2D eigenvalue weighted by Crippen LogP contribution is 2.17. The van der Waals surface area contributed by atoms with E-state index in [2.05, 4.69) is 13.8 Å². The molecule has 1 rings (SSSR count). The van der Waals surface area contributed by atoms with E-state index < -0.39 is 0 Å². The average Bonchev–Trinajstić information content (AvgIpc) is 2.35. The van der Waals surface area contributed by atoms with E-state index in [1.54, 1.807) is 0 Å². The summed E-state index contributed by atoms with van der Waals surface area (Å²) in [5.41, 5.74) is 6.63. The van der Waals surface area contributed by atoms with Crippen LogP contribution >= 0.6 is 0 Å². The van der Waals surface area contributed by atoms with Gasteiger partial charge >= 0.3 is 0 Å². The van der Waals surface area contributed by atoms with Crippen molar-refractivity contribution in [2.24, 2.45) is 11.7 Å². The minimum atomic E-state index is -0.302. The molecular formula is C13H21NO2. The summed E-state index contributed by atoms with van der Waals surface area (Å²) in [4.78, 5) is 0. The average molecular weight is 223 g/mol. The van der Waals surface area contributed by atoms with Crippen molar-refractivity contribution in [3.63, 3.8) is 0 Å². The third-order valence-electron chi connectivity index (χ3n) is 2.74. The van der Waals surface area contributed by atoms with Gasteiger partial charge in [0.25, 0.3) is 0 Å². The number of aliphatic hydroxyl groups is 1. The number of aliphatic hydroxyl groups excluding tert-OH is 1. The Morgan fingerprint density at radius 1 is 1.31 bits per heavy atom. The molecule has 0 spiro atoms. The minimum Gasteiger partial charge on any atom is -0.493 e. The molecule has 0 aromatic heterocycles. The van der Waals surface area contributed by atoms with E-state index in [0.29, 0.717) is 5.92 Å². The third kappa shape index (κ3) is 3.83. The van der Waals surface area contributed by atoms with E-state index in [1.807, 2.05) is 24.3 Å². The fraction of sp³-hybridized carbons (Fsp3) is 0.538. The SMILES string of the molecule is CCC(C)COc1ccc(C(N)CO)cc1. The molecule has 0 fully saturated rings. The highest BCUT2D eigenvalue weighted by atomic mass is 16.5. The maximum atomic E-state index is 8.91. The Balaban J connectivity index is 2.51. The lowest BCUT2D eigenvalue weighted by Crippen LogP contribution is -2.14. The van der Waals surface area contributed by atoms with Gasteiger partial charge in [-0.3, -0.25) is 0 Å². The molecular weight excluding hydrogens is 202 g/mol. The zero-order valence-corrected chi connectivity index (χ0v) is 10.0. The van der Waals surface area contributed by atoms with Crippen LogP contribution in [0.15, 0.2) is 24.3 Å². The molecule has 16 heavy (non-hydrogen) atoms. The third-order valence-corrected chi connectivity index (χ3v) is 2.74. The van der Waals surface area contributed by atoms with Crippen molar-refractivity contribution in [3.05, 3.63) is 29.8 Å². The van der Waals surface area contributed by atoms with Gasteiger partial charge < -0.3 is 15.6 Å². The van der Waals surface area contributed by atoms with Crippen molar-refractivity contribution < 1.29 is 9.84 Å². The van der Waals surface area contributed by atoms with Crippen LogP contribution in [0.1, 0.15) is 31.9 Å². The highest BCUT2D eigenvalue weighted by Gasteiger charge is 2.04. The van der Waals surface area contributed by atoms with Crippen LogP contribution in [0.25, 0.3) is 0 Å². The van der Waals surface area contributed by atoms with Gasteiger partial charge in [0.15, 0.2) is 0 Å². The molecule has 0 heterocycles. The van der Waals surface area contributed by atoms with Crippen molar-refractivity contribution in [1.82, 2.24) is 0 Å². The molecule has 0 aliphatic rings. The monoisotopic (exact) mass is 223 g/mol. The Labute approximate surface area is 97.2 Å². The van der Waals surface area contributed by atoms with Crippen LogP contribution < -0.4 is 10.5 Å². The predicted molar refractivity (Wildman–Crippen MR) is 65.4 cm³/mol. The summed E-state index contributed by atoms with van der Waals surface area (Å²) >= 11 is 0. The summed E-state index contributed by atoms with van der Waals surface area (Å²) in [6, 6.07) is 7.28. The number of nitrogens with two attached hydrogens (primary N) is 1. The van der Waals surface area contributed by atoms with Gasteiger partial charge in [0.05, 0.1) is 19.3 Å². The smallest absolute Gasteiger partial charge is 0.119 e. The molecule has 0 bridgehead atoms. The van der Waals surface area contributed by atoms with Gasteiger partial charge in [-0.2, -0.15) is 0 Å². The van der Waals surface area contributed by atoms with Gasteiger partial charge in [-0.15, -0.1) is 0 Å². The molecule has 0 amide bonds. The number of hydrogen-bond donors (Lipinski definition) is 2. The van der Waals surface area contributed by atoms with Gasteiger partial charge in [0.2, 0.25) is 0 Å². The molecule has 90 valence electrons. The van der Waals surface area contributed by atoms with E-state index in [4.69, 9.17) is 15.6 Å². The van der Waals surface area contributed by atoms with Crippen molar-refractivity contribution in [1.29, 1.82) is 0 Å². The number of hydrogen-bond acceptors (Lipinski definition) is 3. The maximum absolute atomic E-state index is 8.91.